The molecule has 1 aliphatic rings. The van der Waals surface area contributed by atoms with E-state index in [2.05, 4.69) is 40.0 Å². The van der Waals surface area contributed by atoms with E-state index in [4.69, 9.17) is 21.3 Å². The third-order valence-electron chi connectivity index (χ3n) is 5.20. The Balaban J connectivity index is 0.00000145. The molecule has 2 amide bonds. The van der Waals surface area contributed by atoms with Gasteiger partial charge in [-0.05, 0) is 82.0 Å². The first kappa shape index (κ1) is 28.9. The predicted octanol–water partition coefficient (Wildman–Crippen LogP) is 6.55. The van der Waals surface area contributed by atoms with E-state index < -0.39 is 0 Å². The molecule has 7 nitrogen and oxygen atoms in total. The summed E-state index contributed by atoms with van der Waals surface area (Å²) >= 11 is 6.45. The Labute approximate surface area is 220 Å². The molecule has 0 fully saturated rings. The van der Waals surface area contributed by atoms with E-state index in [1.165, 1.54) is 5.56 Å². The van der Waals surface area contributed by atoms with Gasteiger partial charge in [0.15, 0.2) is 0 Å². The van der Waals surface area contributed by atoms with Gasteiger partial charge in [0.2, 0.25) is 0 Å². The Morgan fingerprint density at radius 3 is 2.69 bits per heavy atom. The highest BCUT2D eigenvalue weighted by Gasteiger charge is 2.14. The molecule has 0 spiro atoms. The van der Waals surface area contributed by atoms with Gasteiger partial charge in [0.1, 0.15) is 12.0 Å². The Hall–Kier alpha value is -3.29. The zero-order valence-corrected chi connectivity index (χ0v) is 22.6. The number of anilines is 3. The van der Waals surface area contributed by atoms with Crippen LogP contribution in [0.15, 0.2) is 71.2 Å². The smallest absolute Gasteiger partial charge is 0.319 e. The van der Waals surface area contributed by atoms with Crippen LogP contribution in [-0.4, -0.2) is 37.8 Å². The van der Waals surface area contributed by atoms with Crippen LogP contribution in [-0.2, 0) is 17.6 Å². The normalized spacial score (nSPS) is 17.6. The molecule has 0 aliphatic carbocycles. The molecule has 8 heteroatoms. The molecule has 2 atom stereocenters. The summed E-state index contributed by atoms with van der Waals surface area (Å²) in [5.74, 6) is 0.576. The van der Waals surface area contributed by atoms with Crippen LogP contribution in [0.1, 0.15) is 38.8 Å². The van der Waals surface area contributed by atoms with E-state index in [0.29, 0.717) is 17.5 Å². The van der Waals surface area contributed by atoms with Crippen LogP contribution >= 0.6 is 11.6 Å². The average molecular weight is 512 g/mol. The molecule has 0 saturated carbocycles. The lowest BCUT2D eigenvalue weighted by Crippen LogP contribution is -2.38. The number of hydrogen-bond acceptors (Lipinski definition) is 5. The van der Waals surface area contributed by atoms with Crippen LogP contribution in [0.2, 0.25) is 0 Å². The number of carbonyl (C=O) groups is 1. The Morgan fingerprint density at radius 2 is 2.00 bits per heavy atom. The topological polar surface area (TPSA) is 86.8 Å². The summed E-state index contributed by atoms with van der Waals surface area (Å²) < 4.78 is 5.10. The third kappa shape index (κ3) is 9.40. The summed E-state index contributed by atoms with van der Waals surface area (Å²) in [4.78, 5) is 17.2. The largest absolute Gasteiger partial charge is 0.383 e. The SMILES string of the molecule is C/C=C(Cl)\C1=N/C(C)Nc2cccc(c2)CCc2cc(ccc2NC(=O)NC(C)COC)N1.C=CC. The maximum absolute atomic E-state index is 12.5. The number of hydrogen-bond donors (Lipinski definition) is 4. The number of amidine groups is 1. The zero-order chi connectivity index (χ0) is 26.5. The highest BCUT2D eigenvalue weighted by molar-refractivity contribution is 6.44. The molecule has 194 valence electrons. The molecule has 4 bridgehead atoms. The molecule has 2 unspecified atom stereocenters. The molecule has 0 aromatic heterocycles. The van der Waals surface area contributed by atoms with E-state index in [1.54, 1.807) is 19.3 Å². The molecule has 0 saturated heterocycles. The number of nitrogens with zero attached hydrogens (tertiary/aromatic N) is 1. The first-order chi connectivity index (χ1) is 17.3. The minimum Gasteiger partial charge on any atom is -0.383 e. The number of halogens is 1. The number of carbonyl (C=O) groups excluding carboxylic acids is 1. The number of nitrogens with one attached hydrogen (secondary N) is 4. The molecule has 2 aromatic rings. The average Bonchev–Trinajstić information content (AvgIpc) is 2.83. The maximum atomic E-state index is 12.5. The quantitative estimate of drug-likeness (QED) is 0.343. The van der Waals surface area contributed by atoms with Gasteiger partial charge in [0, 0.05) is 24.2 Å². The maximum Gasteiger partial charge on any atom is 0.319 e. The number of ether oxygens (including phenoxy) is 1. The van der Waals surface area contributed by atoms with Crippen molar-refractivity contribution in [1.29, 1.82) is 0 Å². The fourth-order valence-electron chi connectivity index (χ4n) is 3.66. The molecular formula is C28H38ClN5O2. The Morgan fingerprint density at radius 1 is 1.25 bits per heavy atom. The van der Waals surface area contributed by atoms with Crippen LogP contribution in [0.25, 0.3) is 0 Å². The summed E-state index contributed by atoms with van der Waals surface area (Å²) in [6.45, 7) is 11.4. The summed E-state index contributed by atoms with van der Waals surface area (Å²) in [5, 5.41) is 13.2. The van der Waals surface area contributed by atoms with E-state index in [0.717, 1.165) is 35.5 Å². The van der Waals surface area contributed by atoms with Crippen LogP contribution in [0.4, 0.5) is 21.9 Å². The van der Waals surface area contributed by atoms with Crippen molar-refractivity contribution in [1.82, 2.24) is 5.32 Å². The first-order valence-corrected chi connectivity index (χ1v) is 12.5. The van der Waals surface area contributed by atoms with E-state index >= 15 is 0 Å². The fourth-order valence-corrected chi connectivity index (χ4v) is 3.76. The van der Waals surface area contributed by atoms with Gasteiger partial charge in [0.25, 0.3) is 0 Å². The molecular weight excluding hydrogens is 474 g/mol. The lowest BCUT2D eigenvalue weighted by molar-refractivity contribution is 0.173. The van der Waals surface area contributed by atoms with Gasteiger partial charge >= 0.3 is 6.03 Å². The van der Waals surface area contributed by atoms with Gasteiger partial charge < -0.3 is 26.0 Å². The van der Waals surface area contributed by atoms with Gasteiger partial charge in [-0.1, -0.05) is 35.9 Å². The van der Waals surface area contributed by atoms with E-state index in [9.17, 15) is 4.79 Å². The molecule has 0 radical (unpaired) electrons. The van der Waals surface area contributed by atoms with Crippen LogP contribution in [0.3, 0.4) is 0 Å². The number of rotatable bonds is 5. The summed E-state index contributed by atoms with van der Waals surface area (Å²) in [6, 6.07) is 13.8. The second-order valence-electron chi connectivity index (χ2n) is 8.50. The monoisotopic (exact) mass is 511 g/mol. The van der Waals surface area contributed by atoms with Gasteiger partial charge in [-0.3, -0.25) is 0 Å². The number of fused-ring (bicyclic) bond motifs is 4. The third-order valence-corrected chi connectivity index (χ3v) is 5.60. The summed E-state index contributed by atoms with van der Waals surface area (Å²) in [5.41, 5.74) is 4.81. The van der Waals surface area contributed by atoms with Crippen molar-refractivity contribution in [3.63, 3.8) is 0 Å². The van der Waals surface area contributed by atoms with Gasteiger partial charge in [0.05, 0.1) is 17.7 Å². The lowest BCUT2D eigenvalue weighted by atomic mass is 10.0. The summed E-state index contributed by atoms with van der Waals surface area (Å²) in [7, 11) is 1.61. The van der Waals surface area contributed by atoms with E-state index in [-0.39, 0.29) is 18.2 Å². The van der Waals surface area contributed by atoms with Crippen molar-refractivity contribution in [3.8, 4) is 0 Å². The number of aliphatic imine (C=N–C) groups is 1. The number of allylic oxidation sites excluding steroid dienone is 2. The van der Waals surface area contributed by atoms with Gasteiger partial charge in [-0.25, -0.2) is 9.79 Å². The number of urea groups is 1. The van der Waals surface area contributed by atoms with Crippen molar-refractivity contribution in [2.24, 2.45) is 4.99 Å². The highest BCUT2D eigenvalue weighted by atomic mass is 35.5. The second kappa shape index (κ2) is 15.0. The molecule has 2 aromatic carbocycles. The Kier molecular flexibility index (Phi) is 12.0. The van der Waals surface area contributed by atoms with Crippen molar-refractivity contribution in [2.75, 3.05) is 29.7 Å². The standard InChI is InChI=1S/C25H32ClN5O2.C3H6/c1-5-22(26)24-29-17(3)28-20-8-6-7-18(13-20)9-10-19-14-21(30-24)11-12-23(19)31-25(32)27-16(2)15-33-4;1-3-2/h5-8,11-14,16-17,28H,9-10,15H2,1-4H3,(H,29,30)(H2,27,31,32);3H,1H2,2H3/b22-5+;. The molecule has 1 heterocycles. The van der Waals surface area contributed by atoms with Crippen molar-refractivity contribution in [3.05, 3.63) is 77.4 Å². The number of methoxy groups -OCH3 is 1. The minimum absolute atomic E-state index is 0.0972. The fraction of sp³-hybridized carbons (Fsp3) is 0.357. The van der Waals surface area contributed by atoms with Crippen LogP contribution in [0.5, 0.6) is 0 Å². The van der Waals surface area contributed by atoms with Gasteiger partial charge in [-0.2, -0.15) is 0 Å². The van der Waals surface area contributed by atoms with E-state index in [1.807, 2.05) is 58.0 Å². The van der Waals surface area contributed by atoms with Crippen molar-refractivity contribution >= 4 is 40.5 Å². The minimum atomic E-state index is -0.265. The molecule has 3 rings (SSSR count). The second-order valence-corrected chi connectivity index (χ2v) is 8.90. The van der Waals surface area contributed by atoms with Crippen LogP contribution < -0.4 is 21.3 Å². The molecule has 1 aliphatic heterocycles. The number of benzene rings is 2. The molecule has 36 heavy (non-hydrogen) atoms. The predicted molar refractivity (Wildman–Crippen MR) is 153 cm³/mol. The van der Waals surface area contributed by atoms with Gasteiger partial charge in [-0.15, -0.1) is 6.58 Å². The highest BCUT2D eigenvalue weighted by Crippen LogP contribution is 2.25. The Bertz CT molecular complexity index is 1080. The summed E-state index contributed by atoms with van der Waals surface area (Å²) in [6.07, 6.45) is 4.95. The number of aryl methyl sites for hydroxylation is 2. The number of amides is 2. The van der Waals surface area contributed by atoms with Crippen molar-refractivity contribution < 1.29 is 9.53 Å². The zero-order valence-electron chi connectivity index (χ0n) is 21.8. The lowest BCUT2D eigenvalue weighted by Gasteiger charge is -2.18. The van der Waals surface area contributed by atoms with Crippen molar-refractivity contribution in [2.45, 2.75) is 52.7 Å². The first-order valence-electron chi connectivity index (χ1n) is 12.1. The van der Waals surface area contributed by atoms with Crippen LogP contribution in [0, 0.1) is 0 Å². The molecule has 4 N–H and O–H groups in total.